The number of likely N-dealkylation sites (tertiary alicyclic amines) is 1. The molecule has 0 radical (unpaired) electrons. The molecule has 2 aliphatic rings. The minimum Gasteiger partial charge on any atom is -0.507 e. The van der Waals surface area contributed by atoms with Crippen LogP contribution in [0.2, 0.25) is 0 Å². The molecular weight excluding hydrogens is 452 g/mol. The second kappa shape index (κ2) is 10.00. The van der Waals surface area contributed by atoms with E-state index in [1.54, 1.807) is 11.0 Å². The number of benzene rings is 2. The standard InChI is InChI=1S/C30H38N2O4/c1-7-36-24-17-14-20(18-23(24)30(2,3)4)27(33)25-26(19-12-15-21(16-13-19)31(5)6)32(29(35)28(25)34)22-10-8-9-11-22/h12-18,22,26,33H,7-11H2,1-6H3/b27-25-. The maximum atomic E-state index is 13.5. The van der Waals surface area contributed by atoms with Crippen LogP contribution < -0.4 is 9.64 Å². The van der Waals surface area contributed by atoms with Crippen molar-refractivity contribution >= 4 is 23.1 Å². The fourth-order valence-corrected chi connectivity index (χ4v) is 5.39. The molecule has 6 nitrogen and oxygen atoms in total. The van der Waals surface area contributed by atoms with Crippen molar-refractivity contribution < 1.29 is 19.4 Å². The van der Waals surface area contributed by atoms with Gasteiger partial charge in [0.05, 0.1) is 18.2 Å². The molecule has 1 N–H and O–H groups in total. The molecule has 1 saturated carbocycles. The van der Waals surface area contributed by atoms with Gasteiger partial charge in [0, 0.05) is 37.0 Å². The third-order valence-corrected chi connectivity index (χ3v) is 7.28. The number of aliphatic hydroxyl groups excluding tert-OH is 1. The highest BCUT2D eigenvalue weighted by Crippen LogP contribution is 2.44. The van der Waals surface area contributed by atoms with E-state index in [9.17, 15) is 14.7 Å². The Labute approximate surface area is 214 Å². The highest BCUT2D eigenvalue weighted by molar-refractivity contribution is 6.46. The largest absolute Gasteiger partial charge is 0.507 e. The molecule has 0 spiro atoms. The van der Waals surface area contributed by atoms with Gasteiger partial charge in [0.1, 0.15) is 11.5 Å². The van der Waals surface area contributed by atoms with E-state index < -0.39 is 17.7 Å². The molecule has 2 aromatic rings. The number of rotatable bonds is 6. The molecule has 2 aromatic carbocycles. The average molecular weight is 491 g/mol. The Morgan fingerprint density at radius 3 is 2.25 bits per heavy atom. The summed E-state index contributed by atoms with van der Waals surface area (Å²) in [7, 11) is 3.94. The number of hydrogen-bond donors (Lipinski definition) is 1. The monoisotopic (exact) mass is 490 g/mol. The van der Waals surface area contributed by atoms with Gasteiger partial charge >= 0.3 is 0 Å². The van der Waals surface area contributed by atoms with Crippen molar-refractivity contribution in [1.82, 2.24) is 4.90 Å². The molecular formula is C30H38N2O4. The highest BCUT2D eigenvalue weighted by atomic mass is 16.5. The zero-order valence-electron chi connectivity index (χ0n) is 22.3. The number of aliphatic hydroxyl groups is 1. The SMILES string of the molecule is CCOc1ccc(/C(O)=C2/C(=O)C(=O)N(C3CCCC3)C2c2ccc(N(C)C)cc2)cc1C(C)(C)C. The van der Waals surface area contributed by atoms with Gasteiger partial charge in [-0.15, -0.1) is 0 Å². The number of Topliss-reactive ketones (excluding diaryl/α,β-unsaturated/α-hetero) is 1. The predicted molar refractivity (Wildman–Crippen MR) is 143 cm³/mol. The lowest BCUT2D eigenvalue weighted by atomic mass is 9.84. The molecule has 6 heteroatoms. The predicted octanol–water partition coefficient (Wildman–Crippen LogP) is 5.81. The first-order valence-corrected chi connectivity index (χ1v) is 12.9. The van der Waals surface area contributed by atoms with Gasteiger partial charge in [-0.25, -0.2) is 0 Å². The normalized spacial score (nSPS) is 20.3. The number of ketones is 1. The summed E-state index contributed by atoms with van der Waals surface area (Å²) in [6.45, 7) is 8.72. The molecule has 1 aliphatic carbocycles. The number of amides is 1. The Balaban J connectivity index is 1.88. The van der Waals surface area contributed by atoms with Crippen molar-refractivity contribution in [3.63, 3.8) is 0 Å². The van der Waals surface area contributed by atoms with Crippen molar-refractivity contribution in [2.24, 2.45) is 0 Å². The number of ether oxygens (including phenoxy) is 1. The first-order valence-electron chi connectivity index (χ1n) is 12.9. The number of nitrogens with zero attached hydrogens (tertiary/aromatic N) is 2. The van der Waals surface area contributed by atoms with Crippen LogP contribution in [-0.4, -0.2) is 48.4 Å². The van der Waals surface area contributed by atoms with Gasteiger partial charge in [0.25, 0.3) is 11.7 Å². The molecule has 36 heavy (non-hydrogen) atoms. The highest BCUT2D eigenvalue weighted by Gasteiger charge is 2.49. The Kier molecular flexibility index (Phi) is 7.17. The lowest BCUT2D eigenvalue weighted by Crippen LogP contribution is -2.37. The molecule has 4 rings (SSSR count). The average Bonchev–Trinajstić information content (AvgIpc) is 3.45. The van der Waals surface area contributed by atoms with Crippen molar-refractivity contribution in [2.45, 2.75) is 70.9 Å². The lowest BCUT2D eigenvalue weighted by molar-refractivity contribution is -0.141. The Bertz CT molecular complexity index is 1170. The third-order valence-electron chi connectivity index (χ3n) is 7.28. The zero-order valence-corrected chi connectivity index (χ0v) is 22.3. The maximum Gasteiger partial charge on any atom is 0.295 e. The van der Waals surface area contributed by atoms with E-state index >= 15 is 0 Å². The Morgan fingerprint density at radius 2 is 1.69 bits per heavy atom. The summed E-state index contributed by atoms with van der Waals surface area (Å²) in [5.74, 6) is -0.521. The van der Waals surface area contributed by atoms with E-state index in [1.807, 2.05) is 62.3 Å². The van der Waals surface area contributed by atoms with Crippen LogP contribution in [0.15, 0.2) is 48.0 Å². The summed E-state index contributed by atoms with van der Waals surface area (Å²) in [5, 5.41) is 11.6. The van der Waals surface area contributed by atoms with Gasteiger partial charge in [-0.3, -0.25) is 9.59 Å². The van der Waals surface area contributed by atoms with Crippen molar-refractivity contribution in [3.8, 4) is 5.75 Å². The first-order chi connectivity index (χ1) is 17.0. The molecule has 1 aliphatic heterocycles. The zero-order chi connectivity index (χ0) is 26.2. The maximum absolute atomic E-state index is 13.5. The van der Waals surface area contributed by atoms with Crippen LogP contribution in [0.4, 0.5) is 5.69 Å². The molecule has 0 bridgehead atoms. The van der Waals surface area contributed by atoms with Crippen molar-refractivity contribution in [1.29, 1.82) is 0 Å². The Hall–Kier alpha value is -3.28. The molecule has 1 amide bonds. The topological polar surface area (TPSA) is 70.1 Å². The molecule has 1 saturated heterocycles. The first kappa shape index (κ1) is 25.8. The van der Waals surface area contributed by atoms with E-state index in [0.29, 0.717) is 12.2 Å². The van der Waals surface area contributed by atoms with Gasteiger partial charge in [0.15, 0.2) is 0 Å². The molecule has 1 heterocycles. The summed E-state index contributed by atoms with van der Waals surface area (Å²) in [6, 6.07) is 12.8. The second-order valence-electron chi connectivity index (χ2n) is 11.0. The summed E-state index contributed by atoms with van der Waals surface area (Å²) in [6.07, 6.45) is 3.81. The smallest absolute Gasteiger partial charge is 0.295 e. The fourth-order valence-electron chi connectivity index (χ4n) is 5.39. The van der Waals surface area contributed by atoms with Crippen LogP contribution in [0.1, 0.15) is 76.1 Å². The summed E-state index contributed by atoms with van der Waals surface area (Å²) in [4.78, 5) is 30.6. The Morgan fingerprint density at radius 1 is 1.06 bits per heavy atom. The number of anilines is 1. The minimum absolute atomic E-state index is 0.00394. The van der Waals surface area contributed by atoms with Gasteiger partial charge < -0.3 is 19.6 Å². The van der Waals surface area contributed by atoms with E-state index in [1.165, 1.54) is 0 Å². The number of hydrogen-bond acceptors (Lipinski definition) is 5. The van der Waals surface area contributed by atoms with Crippen LogP contribution in [0.3, 0.4) is 0 Å². The molecule has 1 atom stereocenters. The van der Waals surface area contributed by atoms with Crippen molar-refractivity contribution in [2.75, 3.05) is 25.6 Å². The van der Waals surface area contributed by atoms with E-state index in [-0.39, 0.29) is 22.8 Å². The molecule has 2 fully saturated rings. The van der Waals surface area contributed by atoms with Crippen molar-refractivity contribution in [3.05, 3.63) is 64.7 Å². The van der Waals surface area contributed by atoms with Gasteiger partial charge in [-0.1, -0.05) is 45.7 Å². The van der Waals surface area contributed by atoms with Gasteiger partial charge in [-0.2, -0.15) is 0 Å². The third kappa shape index (κ3) is 4.73. The van der Waals surface area contributed by atoms with Crippen LogP contribution in [0.5, 0.6) is 5.75 Å². The van der Waals surface area contributed by atoms with Gasteiger partial charge in [-0.05, 0) is 61.1 Å². The molecule has 192 valence electrons. The van der Waals surface area contributed by atoms with Gasteiger partial charge in [0.2, 0.25) is 0 Å². The molecule has 1 unspecified atom stereocenters. The van der Waals surface area contributed by atoms with Crippen LogP contribution in [0, 0.1) is 0 Å². The quantitative estimate of drug-likeness (QED) is 0.314. The molecule has 0 aromatic heterocycles. The van der Waals surface area contributed by atoms with Crippen LogP contribution >= 0.6 is 0 Å². The number of carbonyl (C=O) groups excluding carboxylic acids is 2. The van der Waals surface area contributed by atoms with Crippen LogP contribution in [0.25, 0.3) is 5.76 Å². The fraction of sp³-hybridized carbons (Fsp3) is 0.467. The van der Waals surface area contributed by atoms with E-state index in [2.05, 4.69) is 20.8 Å². The van der Waals surface area contributed by atoms with E-state index in [0.717, 1.165) is 48.2 Å². The second-order valence-corrected chi connectivity index (χ2v) is 11.0. The lowest BCUT2D eigenvalue weighted by Gasteiger charge is -2.31. The number of carbonyl (C=O) groups is 2. The van der Waals surface area contributed by atoms with Crippen LogP contribution in [-0.2, 0) is 15.0 Å². The summed E-state index contributed by atoms with van der Waals surface area (Å²) in [5.41, 5.74) is 3.23. The van der Waals surface area contributed by atoms with E-state index in [4.69, 9.17) is 4.74 Å². The summed E-state index contributed by atoms with van der Waals surface area (Å²) < 4.78 is 5.84. The minimum atomic E-state index is -0.618. The summed E-state index contributed by atoms with van der Waals surface area (Å²) >= 11 is 0.